The molecule has 0 aliphatic carbocycles. The number of hydrogen-bond acceptors (Lipinski definition) is 1. The van der Waals surface area contributed by atoms with Crippen LogP contribution < -0.4 is 0 Å². The summed E-state index contributed by atoms with van der Waals surface area (Å²) in [5, 5.41) is 0. The molecule has 0 aliphatic heterocycles. The second-order valence-corrected chi connectivity index (χ2v) is 4.75. The van der Waals surface area contributed by atoms with E-state index in [4.69, 9.17) is 0 Å². The zero-order valence-electron chi connectivity index (χ0n) is 11.8. The van der Waals surface area contributed by atoms with Crippen molar-refractivity contribution in [2.75, 3.05) is 6.54 Å². The molecule has 0 fully saturated rings. The number of benzene rings is 2. The van der Waals surface area contributed by atoms with E-state index in [1.54, 1.807) is 4.90 Å². The molecule has 2 rings (SSSR count). The van der Waals surface area contributed by atoms with Gasteiger partial charge in [-0.1, -0.05) is 24.3 Å². The molecule has 0 radical (unpaired) electrons. The minimum atomic E-state index is -0.330. The Labute approximate surface area is 118 Å². The van der Waals surface area contributed by atoms with Crippen molar-refractivity contribution >= 4 is 5.91 Å². The molecule has 1 amide bonds. The molecule has 3 heteroatoms. The van der Waals surface area contributed by atoms with Gasteiger partial charge in [0.25, 0.3) is 5.91 Å². The lowest BCUT2D eigenvalue weighted by atomic mass is 10.1. The Morgan fingerprint density at radius 1 is 1.10 bits per heavy atom. The summed E-state index contributed by atoms with van der Waals surface area (Å²) in [5.74, 6) is -0.403. The maximum atomic E-state index is 12.9. The lowest BCUT2D eigenvalue weighted by Gasteiger charge is -2.22. The van der Waals surface area contributed by atoms with Crippen molar-refractivity contribution in [3.05, 3.63) is 71.0 Å². The van der Waals surface area contributed by atoms with Crippen molar-refractivity contribution in [3.8, 4) is 0 Å². The molecule has 0 unspecified atom stereocenters. The Morgan fingerprint density at radius 2 is 1.75 bits per heavy atom. The number of carbonyl (C=O) groups excluding carboxylic acids is 1. The second-order valence-electron chi connectivity index (χ2n) is 4.75. The van der Waals surface area contributed by atoms with Gasteiger partial charge in [-0.05, 0) is 49.2 Å². The molecule has 2 aromatic carbocycles. The van der Waals surface area contributed by atoms with Crippen molar-refractivity contribution in [1.29, 1.82) is 0 Å². The third kappa shape index (κ3) is 3.23. The molecule has 0 bridgehead atoms. The van der Waals surface area contributed by atoms with Gasteiger partial charge in [-0.3, -0.25) is 4.79 Å². The van der Waals surface area contributed by atoms with Crippen LogP contribution in [-0.2, 0) is 6.54 Å². The molecule has 2 aromatic rings. The van der Waals surface area contributed by atoms with Crippen LogP contribution in [0.15, 0.2) is 48.5 Å². The monoisotopic (exact) mass is 271 g/mol. The zero-order valence-corrected chi connectivity index (χ0v) is 11.8. The van der Waals surface area contributed by atoms with Crippen molar-refractivity contribution in [3.63, 3.8) is 0 Å². The maximum Gasteiger partial charge on any atom is 0.254 e. The van der Waals surface area contributed by atoms with Gasteiger partial charge in [0.05, 0.1) is 0 Å². The molecule has 0 spiro atoms. The van der Waals surface area contributed by atoms with Crippen LogP contribution >= 0.6 is 0 Å². The van der Waals surface area contributed by atoms with Crippen molar-refractivity contribution in [1.82, 2.24) is 4.90 Å². The van der Waals surface area contributed by atoms with Crippen LogP contribution in [0.1, 0.15) is 28.4 Å². The van der Waals surface area contributed by atoms with E-state index < -0.39 is 0 Å². The number of hydrogen-bond donors (Lipinski definition) is 0. The first-order valence-electron chi connectivity index (χ1n) is 6.71. The van der Waals surface area contributed by atoms with E-state index in [0.717, 1.165) is 11.1 Å². The first-order chi connectivity index (χ1) is 9.61. The first kappa shape index (κ1) is 14.3. The topological polar surface area (TPSA) is 20.3 Å². The fraction of sp³-hybridized carbons (Fsp3) is 0.235. The van der Waals surface area contributed by atoms with Crippen molar-refractivity contribution in [2.45, 2.75) is 20.4 Å². The van der Waals surface area contributed by atoms with Gasteiger partial charge in [0.2, 0.25) is 0 Å². The van der Waals surface area contributed by atoms with E-state index in [0.29, 0.717) is 18.7 Å². The Balaban J connectivity index is 2.18. The fourth-order valence-corrected chi connectivity index (χ4v) is 2.10. The largest absolute Gasteiger partial charge is 0.335 e. The van der Waals surface area contributed by atoms with Crippen molar-refractivity contribution < 1.29 is 9.18 Å². The SMILES string of the molecule is CCN(Cc1ccccc1C)C(=O)c1ccc(F)cc1. The van der Waals surface area contributed by atoms with E-state index in [-0.39, 0.29) is 11.7 Å². The van der Waals surface area contributed by atoms with Gasteiger partial charge >= 0.3 is 0 Å². The molecular weight excluding hydrogens is 253 g/mol. The summed E-state index contributed by atoms with van der Waals surface area (Å²) in [6.45, 7) is 5.16. The number of nitrogens with zero attached hydrogens (tertiary/aromatic N) is 1. The van der Waals surface area contributed by atoms with E-state index in [1.165, 1.54) is 24.3 Å². The average Bonchev–Trinajstić information content (AvgIpc) is 2.46. The number of carbonyl (C=O) groups is 1. The molecule has 0 N–H and O–H groups in total. The zero-order chi connectivity index (χ0) is 14.5. The van der Waals surface area contributed by atoms with Gasteiger partial charge in [0.1, 0.15) is 5.82 Å². The smallest absolute Gasteiger partial charge is 0.254 e. The summed E-state index contributed by atoms with van der Waals surface area (Å²) in [6, 6.07) is 13.7. The van der Waals surface area contributed by atoms with E-state index >= 15 is 0 Å². The Hall–Kier alpha value is -2.16. The third-order valence-corrected chi connectivity index (χ3v) is 3.38. The van der Waals surface area contributed by atoms with Gasteiger partial charge in [-0.15, -0.1) is 0 Å². The molecule has 0 atom stereocenters. The molecule has 2 nitrogen and oxygen atoms in total. The molecule has 0 saturated carbocycles. The highest BCUT2D eigenvalue weighted by atomic mass is 19.1. The predicted octanol–water partition coefficient (Wildman–Crippen LogP) is 3.80. The van der Waals surface area contributed by atoms with Gasteiger partial charge in [-0.25, -0.2) is 4.39 Å². The summed E-state index contributed by atoms with van der Waals surface area (Å²) in [5.41, 5.74) is 2.81. The molecule has 0 saturated heterocycles. The molecular formula is C17H18FNO. The average molecular weight is 271 g/mol. The van der Waals surface area contributed by atoms with Crippen LogP contribution in [0.25, 0.3) is 0 Å². The van der Waals surface area contributed by atoms with E-state index in [1.807, 2.05) is 38.1 Å². The Kier molecular flexibility index (Phi) is 4.51. The molecule has 104 valence electrons. The van der Waals surface area contributed by atoms with Gasteiger partial charge in [-0.2, -0.15) is 0 Å². The van der Waals surface area contributed by atoms with Crippen LogP contribution in [0.3, 0.4) is 0 Å². The van der Waals surface area contributed by atoms with Crippen LogP contribution in [-0.4, -0.2) is 17.4 Å². The lowest BCUT2D eigenvalue weighted by Crippen LogP contribution is -2.30. The van der Waals surface area contributed by atoms with Crippen LogP contribution in [0, 0.1) is 12.7 Å². The molecule has 0 heterocycles. The van der Waals surface area contributed by atoms with Gasteiger partial charge < -0.3 is 4.90 Å². The summed E-state index contributed by atoms with van der Waals surface area (Å²) in [6.07, 6.45) is 0. The van der Waals surface area contributed by atoms with Crippen LogP contribution in [0.4, 0.5) is 4.39 Å². The third-order valence-electron chi connectivity index (χ3n) is 3.38. The number of aryl methyl sites for hydroxylation is 1. The number of amides is 1. The first-order valence-corrected chi connectivity index (χ1v) is 6.71. The number of halogens is 1. The van der Waals surface area contributed by atoms with E-state index in [9.17, 15) is 9.18 Å². The predicted molar refractivity (Wildman–Crippen MR) is 78.0 cm³/mol. The minimum absolute atomic E-state index is 0.0734. The Morgan fingerprint density at radius 3 is 2.35 bits per heavy atom. The molecule has 0 aromatic heterocycles. The number of rotatable bonds is 4. The molecule has 0 aliphatic rings. The summed E-state index contributed by atoms with van der Waals surface area (Å²) in [4.78, 5) is 14.2. The standard InChI is InChI=1S/C17H18FNO/c1-3-19(12-15-7-5-4-6-13(15)2)17(20)14-8-10-16(18)11-9-14/h4-11H,3,12H2,1-2H3. The van der Waals surface area contributed by atoms with E-state index in [2.05, 4.69) is 0 Å². The highest BCUT2D eigenvalue weighted by Crippen LogP contribution is 2.13. The van der Waals surface area contributed by atoms with Crippen molar-refractivity contribution in [2.24, 2.45) is 0 Å². The van der Waals surface area contributed by atoms with Crippen LogP contribution in [0.2, 0.25) is 0 Å². The highest BCUT2D eigenvalue weighted by molar-refractivity contribution is 5.94. The second kappa shape index (κ2) is 6.33. The summed E-state index contributed by atoms with van der Waals surface area (Å²) < 4.78 is 12.9. The summed E-state index contributed by atoms with van der Waals surface area (Å²) >= 11 is 0. The summed E-state index contributed by atoms with van der Waals surface area (Å²) in [7, 11) is 0. The minimum Gasteiger partial charge on any atom is -0.335 e. The Bertz CT molecular complexity index is 592. The highest BCUT2D eigenvalue weighted by Gasteiger charge is 2.15. The lowest BCUT2D eigenvalue weighted by molar-refractivity contribution is 0.0752. The normalized spacial score (nSPS) is 10.3. The fourth-order valence-electron chi connectivity index (χ4n) is 2.10. The van der Waals surface area contributed by atoms with Gasteiger partial charge in [0, 0.05) is 18.7 Å². The van der Waals surface area contributed by atoms with Crippen LogP contribution in [0.5, 0.6) is 0 Å². The van der Waals surface area contributed by atoms with Gasteiger partial charge in [0.15, 0.2) is 0 Å². The quantitative estimate of drug-likeness (QED) is 0.828. The maximum absolute atomic E-state index is 12.9. The molecule has 20 heavy (non-hydrogen) atoms.